The first-order valence-electron chi connectivity index (χ1n) is 9.07. The predicted octanol–water partition coefficient (Wildman–Crippen LogP) is 3.27. The zero-order valence-electron chi connectivity index (χ0n) is 15.3. The molecule has 1 aliphatic heterocycles. The minimum atomic E-state index is 0. The smallest absolute Gasteiger partial charge is 0.191 e. The second-order valence-electron chi connectivity index (χ2n) is 6.58. The Morgan fingerprint density at radius 3 is 2.50 bits per heavy atom. The zero-order valence-corrected chi connectivity index (χ0v) is 19.3. The van der Waals surface area contributed by atoms with Crippen LogP contribution in [0.25, 0.3) is 0 Å². The Morgan fingerprint density at radius 2 is 1.88 bits per heavy atom. The van der Waals surface area contributed by atoms with Crippen LogP contribution in [0.2, 0.25) is 0 Å². The Kier molecular flexibility index (Phi) is 12.2. The van der Waals surface area contributed by atoms with Gasteiger partial charge in [0.15, 0.2) is 5.96 Å². The summed E-state index contributed by atoms with van der Waals surface area (Å²) in [6.45, 7) is 4.58. The minimum absolute atomic E-state index is 0. The van der Waals surface area contributed by atoms with Crippen molar-refractivity contribution in [1.29, 1.82) is 0 Å². The van der Waals surface area contributed by atoms with Crippen LogP contribution in [0.4, 0.5) is 0 Å². The molecule has 1 heterocycles. The van der Waals surface area contributed by atoms with Crippen molar-refractivity contribution >= 4 is 53.5 Å². The second kappa shape index (κ2) is 12.9. The predicted molar refractivity (Wildman–Crippen MR) is 122 cm³/mol. The monoisotopic (exact) mass is 486 g/mol. The Labute approximate surface area is 174 Å². The maximum Gasteiger partial charge on any atom is 0.191 e. The summed E-state index contributed by atoms with van der Waals surface area (Å²) in [7, 11) is 1.89. The van der Waals surface area contributed by atoms with E-state index in [0.29, 0.717) is 5.54 Å². The third-order valence-electron chi connectivity index (χ3n) is 5.09. The van der Waals surface area contributed by atoms with Gasteiger partial charge in [0.25, 0.3) is 0 Å². The number of rotatable bonds is 8. The molecule has 1 saturated heterocycles. The number of nitrogens with zero attached hydrogens (tertiary/aromatic N) is 2. The molecule has 2 rings (SSSR count). The first-order valence-corrected chi connectivity index (χ1v) is 11.6. The van der Waals surface area contributed by atoms with Gasteiger partial charge in [-0.1, -0.05) is 12.8 Å². The first-order chi connectivity index (χ1) is 11.3. The van der Waals surface area contributed by atoms with E-state index in [1.165, 1.54) is 68.9 Å². The van der Waals surface area contributed by atoms with E-state index in [9.17, 15) is 0 Å². The summed E-state index contributed by atoms with van der Waals surface area (Å²) in [6, 6.07) is 0. The van der Waals surface area contributed by atoms with Crippen LogP contribution in [0, 0.1) is 0 Å². The number of hydrogen-bond acceptors (Lipinski definition) is 4. The van der Waals surface area contributed by atoms with Gasteiger partial charge in [-0.25, -0.2) is 0 Å². The van der Waals surface area contributed by atoms with Gasteiger partial charge in [0, 0.05) is 50.3 Å². The number of halogens is 1. The van der Waals surface area contributed by atoms with Gasteiger partial charge in [-0.3, -0.25) is 9.89 Å². The molecule has 0 aromatic rings. The molecule has 1 saturated carbocycles. The van der Waals surface area contributed by atoms with Gasteiger partial charge in [0.1, 0.15) is 0 Å². The Morgan fingerprint density at radius 1 is 1.17 bits per heavy atom. The van der Waals surface area contributed by atoms with Crippen LogP contribution in [0.1, 0.15) is 38.5 Å². The normalized spacial score (nSPS) is 21.3. The molecule has 7 heteroatoms. The largest absolute Gasteiger partial charge is 0.356 e. The van der Waals surface area contributed by atoms with Crippen molar-refractivity contribution in [1.82, 2.24) is 15.5 Å². The molecule has 142 valence electrons. The van der Waals surface area contributed by atoms with Crippen molar-refractivity contribution < 1.29 is 0 Å². The lowest BCUT2D eigenvalue weighted by Gasteiger charge is -2.43. The standard InChI is InChI=1S/C17H34N4S2.HI/c1-18-16(19-9-5-6-12-22-2)20-15-17(7-3-4-8-17)21-10-13-23-14-11-21;/h3-15H2,1-2H3,(H2,18,19,20);1H. The third kappa shape index (κ3) is 7.11. The Bertz CT molecular complexity index is 356. The van der Waals surface area contributed by atoms with E-state index in [4.69, 9.17) is 0 Å². The fourth-order valence-electron chi connectivity index (χ4n) is 3.72. The van der Waals surface area contributed by atoms with Crippen LogP contribution in [-0.4, -0.2) is 73.1 Å². The SMILES string of the molecule is CN=C(NCCCCSC)NCC1(N2CCSCC2)CCCC1.I. The zero-order chi connectivity index (χ0) is 16.4. The highest BCUT2D eigenvalue weighted by atomic mass is 127. The molecule has 0 unspecified atom stereocenters. The Hall–Kier alpha value is 0.660. The molecule has 0 atom stereocenters. The molecular weight excluding hydrogens is 451 g/mol. The van der Waals surface area contributed by atoms with Crippen LogP contribution in [0.15, 0.2) is 4.99 Å². The second-order valence-corrected chi connectivity index (χ2v) is 8.79. The number of unbranched alkanes of at least 4 members (excludes halogenated alkanes) is 1. The van der Waals surface area contributed by atoms with Crippen LogP contribution < -0.4 is 10.6 Å². The molecule has 4 nitrogen and oxygen atoms in total. The highest BCUT2D eigenvalue weighted by Crippen LogP contribution is 2.36. The highest BCUT2D eigenvalue weighted by molar-refractivity contribution is 14.0. The molecule has 0 aromatic heterocycles. The summed E-state index contributed by atoms with van der Waals surface area (Å²) >= 11 is 4.03. The van der Waals surface area contributed by atoms with Gasteiger partial charge in [-0.15, -0.1) is 24.0 Å². The number of aliphatic imine (C=N–C) groups is 1. The van der Waals surface area contributed by atoms with Crippen LogP contribution in [-0.2, 0) is 0 Å². The number of thioether (sulfide) groups is 2. The van der Waals surface area contributed by atoms with E-state index in [1.54, 1.807) is 0 Å². The Balaban J connectivity index is 0.00000288. The van der Waals surface area contributed by atoms with Crippen molar-refractivity contribution in [3.8, 4) is 0 Å². The van der Waals surface area contributed by atoms with E-state index < -0.39 is 0 Å². The maximum absolute atomic E-state index is 4.41. The molecule has 0 amide bonds. The van der Waals surface area contributed by atoms with E-state index in [2.05, 4.69) is 38.5 Å². The van der Waals surface area contributed by atoms with Gasteiger partial charge >= 0.3 is 0 Å². The summed E-state index contributed by atoms with van der Waals surface area (Å²) in [5.74, 6) is 4.82. The van der Waals surface area contributed by atoms with Crippen molar-refractivity contribution in [2.24, 2.45) is 4.99 Å². The molecule has 2 aliphatic rings. The van der Waals surface area contributed by atoms with Crippen molar-refractivity contribution in [2.75, 3.05) is 56.7 Å². The van der Waals surface area contributed by atoms with Gasteiger partial charge in [-0.2, -0.15) is 23.5 Å². The van der Waals surface area contributed by atoms with Crippen molar-refractivity contribution in [3.05, 3.63) is 0 Å². The maximum atomic E-state index is 4.41. The first kappa shape index (κ1) is 22.7. The number of nitrogens with one attached hydrogen (secondary N) is 2. The quantitative estimate of drug-likeness (QED) is 0.239. The molecule has 2 fully saturated rings. The summed E-state index contributed by atoms with van der Waals surface area (Å²) in [4.78, 5) is 7.17. The minimum Gasteiger partial charge on any atom is -0.356 e. The van der Waals surface area contributed by atoms with E-state index in [0.717, 1.165) is 19.0 Å². The van der Waals surface area contributed by atoms with E-state index in [-0.39, 0.29) is 24.0 Å². The molecule has 1 aliphatic carbocycles. The molecular formula is C17H35IN4S2. The fraction of sp³-hybridized carbons (Fsp3) is 0.941. The summed E-state index contributed by atoms with van der Waals surface area (Å²) in [5.41, 5.74) is 0.372. The van der Waals surface area contributed by atoms with Crippen molar-refractivity contribution in [2.45, 2.75) is 44.1 Å². The lowest BCUT2D eigenvalue weighted by atomic mass is 9.94. The van der Waals surface area contributed by atoms with Crippen LogP contribution >= 0.6 is 47.5 Å². The number of guanidine groups is 1. The summed E-state index contributed by atoms with van der Waals surface area (Å²) < 4.78 is 0. The topological polar surface area (TPSA) is 39.7 Å². The molecule has 0 bridgehead atoms. The fourth-order valence-corrected chi connectivity index (χ4v) is 5.12. The average molecular weight is 487 g/mol. The lowest BCUT2D eigenvalue weighted by molar-refractivity contribution is 0.107. The molecule has 0 spiro atoms. The van der Waals surface area contributed by atoms with Gasteiger partial charge < -0.3 is 10.6 Å². The van der Waals surface area contributed by atoms with Crippen LogP contribution in [0.5, 0.6) is 0 Å². The van der Waals surface area contributed by atoms with Crippen molar-refractivity contribution in [3.63, 3.8) is 0 Å². The molecule has 2 N–H and O–H groups in total. The van der Waals surface area contributed by atoms with Gasteiger partial charge in [-0.05, 0) is 37.7 Å². The molecule has 0 radical (unpaired) electrons. The van der Waals surface area contributed by atoms with Gasteiger partial charge in [0.05, 0.1) is 0 Å². The summed E-state index contributed by atoms with van der Waals surface area (Å²) in [5, 5.41) is 7.11. The number of hydrogen-bond donors (Lipinski definition) is 2. The highest BCUT2D eigenvalue weighted by Gasteiger charge is 2.39. The van der Waals surface area contributed by atoms with E-state index in [1.807, 2.05) is 18.8 Å². The van der Waals surface area contributed by atoms with E-state index >= 15 is 0 Å². The van der Waals surface area contributed by atoms with Crippen LogP contribution in [0.3, 0.4) is 0 Å². The lowest BCUT2D eigenvalue weighted by Crippen LogP contribution is -2.57. The average Bonchev–Trinajstić information content (AvgIpc) is 3.08. The molecule has 24 heavy (non-hydrogen) atoms. The molecule has 0 aromatic carbocycles. The third-order valence-corrected chi connectivity index (χ3v) is 6.73. The van der Waals surface area contributed by atoms with Gasteiger partial charge in [0.2, 0.25) is 0 Å². The summed E-state index contributed by atoms with van der Waals surface area (Å²) in [6.07, 6.45) is 10.1.